The number of ether oxygens (including phenoxy) is 2. The summed E-state index contributed by atoms with van der Waals surface area (Å²) in [6, 6.07) is 20.5. The molecule has 1 heterocycles. The van der Waals surface area contributed by atoms with Crippen molar-refractivity contribution in [1.29, 1.82) is 0 Å². The Morgan fingerprint density at radius 2 is 1.53 bits per heavy atom. The summed E-state index contributed by atoms with van der Waals surface area (Å²) < 4.78 is 46.6. The maximum atomic E-state index is 13.5. The number of alkyl halides is 3. The van der Waals surface area contributed by atoms with Gasteiger partial charge in [-0.05, 0) is 59.7 Å². The summed E-state index contributed by atoms with van der Waals surface area (Å²) in [6.07, 6.45) is -4.98. The zero-order valence-electron chi connectivity index (χ0n) is 20.3. The van der Waals surface area contributed by atoms with Gasteiger partial charge in [0.1, 0.15) is 17.5 Å². The van der Waals surface area contributed by atoms with E-state index in [9.17, 15) is 22.8 Å². The SMILES string of the molecule is COc1ccc(NC(=O)C[C@@H]2C(=O)N(Cc3ccccc3)C(=S)N2Cc2ccc(OC(F)(F)F)cc2)cc1. The highest BCUT2D eigenvalue weighted by molar-refractivity contribution is 7.80. The molecule has 4 rings (SSSR count). The van der Waals surface area contributed by atoms with Crippen molar-refractivity contribution in [3.05, 3.63) is 90.0 Å². The van der Waals surface area contributed by atoms with Crippen LogP contribution >= 0.6 is 12.2 Å². The van der Waals surface area contributed by atoms with Crippen LogP contribution in [0.15, 0.2) is 78.9 Å². The Kier molecular flexibility index (Phi) is 8.16. The molecule has 0 aliphatic carbocycles. The van der Waals surface area contributed by atoms with Gasteiger partial charge in [-0.15, -0.1) is 13.2 Å². The van der Waals surface area contributed by atoms with Gasteiger partial charge in [-0.2, -0.15) is 0 Å². The molecule has 3 aromatic carbocycles. The number of halogens is 3. The minimum atomic E-state index is -4.80. The van der Waals surface area contributed by atoms with Gasteiger partial charge in [0.15, 0.2) is 5.11 Å². The zero-order valence-corrected chi connectivity index (χ0v) is 21.1. The molecule has 38 heavy (non-hydrogen) atoms. The Hall–Kier alpha value is -4.12. The first kappa shape index (κ1) is 26.9. The predicted molar refractivity (Wildman–Crippen MR) is 138 cm³/mol. The van der Waals surface area contributed by atoms with Gasteiger partial charge in [-0.1, -0.05) is 42.5 Å². The first-order valence-corrected chi connectivity index (χ1v) is 12.0. The van der Waals surface area contributed by atoms with Crippen molar-refractivity contribution in [3.63, 3.8) is 0 Å². The average Bonchev–Trinajstić information content (AvgIpc) is 3.09. The number of carbonyl (C=O) groups is 2. The normalized spacial score (nSPS) is 15.5. The lowest BCUT2D eigenvalue weighted by Gasteiger charge is -2.24. The highest BCUT2D eigenvalue weighted by Gasteiger charge is 2.43. The number of hydrogen-bond donors (Lipinski definition) is 1. The number of nitrogens with one attached hydrogen (secondary N) is 1. The number of amides is 2. The molecule has 0 spiro atoms. The van der Waals surface area contributed by atoms with E-state index in [0.717, 1.165) is 5.56 Å². The van der Waals surface area contributed by atoms with Gasteiger partial charge in [0, 0.05) is 12.2 Å². The number of nitrogens with zero attached hydrogens (tertiary/aromatic N) is 2. The van der Waals surface area contributed by atoms with Crippen molar-refractivity contribution in [1.82, 2.24) is 9.80 Å². The predicted octanol–water partition coefficient (Wildman–Crippen LogP) is 5.12. The van der Waals surface area contributed by atoms with Crippen LogP contribution in [0.1, 0.15) is 17.5 Å². The van der Waals surface area contributed by atoms with Gasteiger partial charge in [-0.3, -0.25) is 14.5 Å². The zero-order chi connectivity index (χ0) is 27.3. The molecule has 1 aliphatic rings. The first-order valence-electron chi connectivity index (χ1n) is 11.6. The standard InChI is InChI=1S/C27H24F3N3O4S/c1-36-21-13-9-20(10-14-21)31-24(34)15-23-25(35)33(17-18-5-3-2-4-6-18)26(38)32(23)16-19-7-11-22(12-8-19)37-27(28,29)30/h2-14,23H,15-17H2,1H3,(H,31,34)/t23-/m1/s1. The fourth-order valence-corrected chi connectivity index (χ4v) is 4.38. The van der Waals surface area contributed by atoms with Crippen LogP contribution in [0.5, 0.6) is 11.5 Å². The molecule has 1 N–H and O–H groups in total. The van der Waals surface area contributed by atoms with Gasteiger partial charge in [0.2, 0.25) is 5.91 Å². The fraction of sp³-hybridized carbons (Fsp3) is 0.222. The van der Waals surface area contributed by atoms with Gasteiger partial charge < -0.3 is 19.7 Å². The summed E-state index contributed by atoms with van der Waals surface area (Å²) in [5.41, 5.74) is 1.99. The van der Waals surface area contributed by atoms with E-state index in [-0.39, 0.29) is 36.3 Å². The molecule has 1 fully saturated rings. The Bertz CT molecular complexity index is 1290. The number of rotatable bonds is 9. The molecule has 0 saturated carbocycles. The van der Waals surface area contributed by atoms with Gasteiger partial charge >= 0.3 is 6.36 Å². The highest BCUT2D eigenvalue weighted by atomic mass is 32.1. The molecule has 0 bridgehead atoms. The van der Waals surface area contributed by atoms with E-state index in [2.05, 4.69) is 10.1 Å². The van der Waals surface area contributed by atoms with E-state index >= 15 is 0 Å². The quantitative estimate of drug-likeness (QED) is 0.378. The molecular formula is C27H24F3N3O4S. The second-order valence-electron chi connectivity index (χ2n) is 8.51. The number of thiocarbonyl (C=S) groups is 1. The smallest absolute Gasteiger partial charge is 0.497 e. The monoisotopic (exact) mass is 543 g/mol. The fourth-order valence-electron chi connectivity index (χ4n) is 4.04. The average molecular weight is 544 g/mol. The van der Waals surface area contributed by atoms with Crippen LogP contribution in [-0.4, -0.2) is 46.2 Å². The van der Waals surface area contributed by atoms with E-state index in [1.54, 1.807) is 29.2 Å². The minimum Gasteiger partial charge on any atom is -0.497 e. The van der Waals surface area contributed by atoms with Crippen LogP contribution in [0.4, 0.5) is 18.9 Å². The summed E-state index contributed by atoms with van der Waals surface area (Å²) in [5.74, 6) is -0.450. The lowest BCUT2D eigenvalue weighted by molar-refractivity contribution is -0.274. The second kappa shape index (κ2) is 11.5. The van der Waals surface area contributed by atoms with Crippen molar-refractivity contribution in [3.8, 4) is 11.5 Å². The van der Waals surface area contributed by atoms with Gasteiger partial charge in [0.25, 0.3) is 5.91 Å². The summed E-state index contributed by atoms with van der Waals surface area (Å²) in [5, 5.41) is 3.01. The van der Waals surface area contributed by atoms with E-state index in [1.165, 1.54) is 36.3 Å². The molecular weight excluding hydrogens is 519 g/mol. The summed E-state index contributed by atoms with van der Waals surface area (Å²) in [4.78, 5) is 29.4. The Morgan fingerprint density at radius 1 is 0.921 bits per heavy atom. The van der Waals surface area contributed by atoms with Crippen molar-refractivity contribution >= 4 is 34.8 Å². The third-order valence-electron chi connectivity index (χ3n) is 5.85. The van der Waals surface area contributed by atoms with Crippen LogP contribution in [0.25, 0.3) is 0 Å². The van der Waals surface area contributed by atoms with Crippen LogP contribution in [0.2, 0.25) is 0 Å². The molecule has 0 aromatic heterocycles. The second-order valence-corrected chi connectivity index (χ2v) is 8.87. The number of methoxy groups -OCH3 is 1. The van der Waals surface area contributed by atoms with Crippen molar-refractivity contribution < 1.29 is 32.2 Å². The molecule has 11 heteroatoms. The number of hydrogen-bond acceptors (Lipinski definition) is 5. The van der Waals surface area contributed by atoms with Gasteiger partial charge in [-0.25, -0.2) is 0 Å². The molecule has 3 aromatic rings. The molecule has 198 valence electrons. The molecule has 0 radical (unpaired) electrons. The van der Waals surface area contributed by atoms with Gasteiger partial charge in [0.05, 0.1) is 20.1 Å². The van der Waals surface area contributed by atoms with Crippen molar-refractivity contribution in [2.24, 2.45) is 0 Å². The maximum Gasteiger partial charge on any atom is 0.573 e. The maximum absolute atomic E-state index is 13.5. The van der Waals surface area contributed by atoms with E-state index < -0.39 is 18.3 Å². The molecule has 1 aliphatic heterocycles. The highest BCUT2D eigenvalue weighted by Crippen LogP contribution is 2.28. The molecule has 7 nitrogen and oxygen atoms in total. The van der Waals surface area contributed by atoms with Crippen LogP contribution in [0.3, 0.4) is 0 Å². The van der Waals surface area contributed by atoms with Crippen molar-refractivity contribution in [2.45, 2.75) is 31.9 Å². The summed E-state index contributed by atoms with van der Waals surface area (Å²) in [7, 11) is 1.54. The first-order chi connectivity index (χ1) is 18.1. The molecule has 1 saturated heterocycles. The number of carbonyl (C=O) groups excluding carboxylic acids is 2. The molecule has 0 unspecified atom stereocenters. The summed E-state index contributed by atoms with van der Waals surface area (Å²) in [6.45, 7) is 0.340. The lowest BCUT2D eigenvalue weighted by atomic mass is 10.1. The number of benzene rings is 3. The Labute approximate surface area is 222 Å². The topological polar surface area (TPSA) is 71.1 Å². The number of anilines is 1. The van der Waals surface area contributed by atoms with Crippen LogP contribution in [0, 0.1) is 0 Å². The van der Waals surface area contributed by atoms with E-state index in [1.807, 2.05) is 30.3 Å². The van der Waals surface area contributed by atoms with E-state index in [0.29, 0.717) is 17.0 Å². The summed E-state index contributed by atoms with van der Waals surface area (Å²) >= 11 is 5.63. The van der Waals surface area contributed by atoms with Crippen molar-refractivity contribution in [2.75, 3.05) is 12.4 Å². The van der Waals surface area contributed by atoms with Crippen LogP contribution < -0.4 is 14.8 Å². The minimum absolute atomic E-state index is 0.114. The molecule has 1 atom stereocenters. The van der Waals surface area contributed by atoms with E-state index in [4.69, 9.17) is 17.0 Å². The third kappa shape index (κ3) is 6.80. The Morgan fingerprint density at radius 3 is 2.13 bits per heavy atom. The lowest BCUT2D eigenvalue weighted by Crippen LogP contribution is -2.37. The third-order valence-corrected chi connectivity index (χ3v) is 6.30. The Balaban J connectivity index is 1.53. The van der Waals surface area contributed by atoms with Crippen LogP contribution in [-0.2, 0) is 22.7 Å². The largest absolute Gasteiger partial charge is 0.573 e. The molecule has 2 amide bonds.